The fourth-order valence-corrected chi connectivity index (χ4v) is 3.12. The lowest BCUT2D eigenvalue weighted by molar-refractivity contribution is -0.122. The molecule has 1 saturated heterocycles. The Labute approximate surface area is 132 Å². The molecule has 7 heteroatoms. The molecule has 1 aromatic carbocycles. The van der Waals surface area contributed by atoms with Crippen molar-refractivity contribution in [2.24, 2.45) is 5.92 Å². The van der Waals surface area contributed by atoms with E-state index in [1.807, 2.05) is 26.0 Å². The van der Waals surface area contributed by atoms with Crippen LogP contribution in [0.5, 0.6) is 0 Å². The monoisotopic (exact) mass is 316 g/mol. The average molecular weight is 316 g/mol. The quantitative estimate of drug-likeness (QED) is 0.941. The number of carbonyl (C=O) groups is 2. The summed E-state index contributed by atoms with van der Waals surface area (Å²) >= 11 is 1.26. The number of aryl methyl sites for hydroxylation is 2. The molecule has 1 N–H and O–H groups in total. The Hall–Kier alpha value is -2.28. The molecule has 0 aliphatic carbocycles. The molecule has 3 rings (SSSR count). The molecule has 0 spiro atoms. The number of hydrogen-bond donors (Lipinski definition) is 1. The SMILES string of the molecule is Cc1cc(C)cc(N2C[C@H](C(=O)Nc3nncs3)CC2=O)c1. The third-order valence-corrected chi connectivity index (χ3v) is 4.21. The van der Waals surface area contributed by atoms with Crippen LogP contribution < -0.4 is 10.2 Å². The summed E-state index contributed by atoms with van der Waals surface area (Å²) in [5.41, 5.74) is 4.61. The molecular weight excluding hydrogens is 300 g/mol. The van der Waals surface area contributed by atoms with Crippen LogP contribution in [0.25, 0.3) is 0 Å². The molecule has 6 nitrogen and oxygen atoms in total. The van der Waals surface area contributed by atoms with Crippen molar-refractivity contribution in [3.8, 4) is 0 Å². The minimum atomic E-state index is -0.364. The van der Waals surface area contributed by atoms with Gasteiger partial charge in [-0.15, -0.1) is 10.2 Å². The van der Waals surface area contributed by atoms with Gasteiger partial charge in [0.05, 0.1) is 5.92 Å². The maximum atomic E-state index is 12.2. The summed E-state index contributed by atoms with van der Waals surface area (Å²) in [5, 5.41) is 10.6. The highest BCUT2D eigenvalue weighted by molar-refractivity contribution is 7.13. The summed E-state index contributed by atoms with van der Waals surface area (Å²) in [6.45, 7) is 4.39. The number of anilines is 2. The second-order valence-corrected chi connectivity index (χ2v) is 6.32. The van der Waals surface area contributed by atoms with E-state index in [0.29, 0.717) is 11.7 Å². The zero-order chi connectivity index (χ0) is 15.7. The van der Waals surface area contributed by atoms with Crippen LogP contribution in [0.4, 0.5) is 10.8 Å². The van der Waals surface area contributed by atoms with Crippen molar-refractivity contribution in [3.63, 3.8) is 0 Å². The number of amides is 2. The number of hydrogen-bond acceptors (Lipinski definition) is 5. The Kier molecular flexibility index (Phi) is 3.89. The molecule has 0 saturated carbocycles. The Balaban J connectivity index is 1.74. The highest BCUT2D eigenvalue weighted by atomic mass is 32.1. The van der Waals surface area contributed by atoms with Gasteiger partial charge in [0.25, 0.3) is 0 Å². The molecule has 0 bridgehead atoms. The Morgan fingerprint density at radius 1 is 1.32 bits per heavy atom. The molecule has 2 amide bonds. The molecular formula is C15H16N4O2S. The van der Waals surface area contributed by atoms with Gasteiger partial charge in [-0.25, -0.2) is 0 Å². The molecule has 114 valence electrons. The summed E-state index contributed by atoms with van der Waals surface area (Å²) in [6, 6.07) is 6.00. The second kappa shape index (κ2) is 5.84. The largest absolute Gasteiger partial charge is 0.312 e. The van der Waals surface area contributed by atoms with E-state index in [1.165, 1.54) is 11.3 Å². The van der Waals surface area contributed by atoms with E-state index in [2.05, 4.69) is 21.6 Å². The van der Waals surface area contributed by atoms with Gasteiger partial charge in [-0.3, -0.25) is 9.59 Å². The average Bonchev–Trinajstić information content (AvgIpc) is 3.07. The lowest BCUT2D eigenvalue weighted by Gasteiger charge is -2.18. The first kappa shape index (κ1) is 14.6. The molecule has 0 unspecified atom stereocenters. The van der Waals surface area contributed by atoms with E-state index in [9.17, 15) is 9.59 Å². The summed E-state index contributed by atoms with van der Waals surface area (Å²) in [5.74, 6) is -0.573. The van der Waals surface area contributed by atoms with E-state index in [4.69, 9.17) is 0 Å². The van der Waals surface area contributed by atoms with E-state index in [1.54, 1.807) is 10.4 Å². The van der Waals surface area contributed by atoms with Crippen LogP contribution in [-0.2, 0) is 9.59 Å². The van der Waals surface area contributed by atoms with Crippen molar-refractivity contribution in [1.29, 1.82) is 0 Å². The van der Waals surface area contributed by atoms with Gasteiger partial charge in [-0.1, -0.05) is 17.4 Å². The maximum absolute atomic E-state index is 12.2. The fraction of sp³-hybridized carbons (Fsp3) is 0.333. The Bertz CT molecular complexity index is 694. The second-order valence-electron chi connectivity index (χ2n) is 5.48. The van der Waals surface area contributed by atoms with Crippen molar-refractivity contribution < 1.29 is 9.59 Å². The minimum absolute atomic E-state index is 0.0255. The first-order valence-corrected chi connectivity index (χ1v) is 7.86. The Morgan fingerprint density at radius 3 is 2.68 bits per heavy atom. The van der Waals surface area contributed by atoms with Crippen molar-refractivity contribution >= 4 is 34.0 Å². The molecule has 22 heavy (non-hydrogen) atoms. The van der Waals surface area contributed by atoms with Crippen molar-refractivity contribution in [2.75, 3.05) is 16.8 Å². The molecule has 2 aromatic rings. The molecule has 1 aliphatic heterocycles. The predicted molar refractivity (Wildman–Crippen MR) is 84.9 cm³/mol. The number of nitrogens with zero attached hydrogens (tertiary/aromatic N) is 3. The highest BCUT2D eigenvalue weighted by Gasteiger charge is 2.35. The maximum Gasteiger partial charge on any atom is 0.231 e. The summed E-state index contributed by atoms with van der Waals surface area (Å²) < 4.78 is 0. The highest BCUT2D eigenvalue weighted by Crippen LogP contribution is 2.27. The van der Waals surface area contributed by atoms with Crippen LogP contribution in [0.1, 0.15) is 17.5 Å². The van der Waals surface area contributed by atoms with Crippen LogP contribution in [0.15, 0.2) is 23.7 Å². The molecule has 0 radical (unpaired) electrons. The van der Waals surface area contributed by atoms with Crippen LogP contribution in [0, 0.1) is 19.8 Å². The molecule has 1 fully saturated rings. The first-order valence-electron chi connectivity index (χ1n) is 6.98. The van der Waals surface area contributed by atoms with Crippen LogP contribution in [-0.4, -0.2) is 28.6 Å². The Morgan fingerprint density at radius 2 is 2.05 bits per heavy atom. The number of aromatic nitrogens is 2. The molecule has 1 aliphatic rings. The van der Waals surface area contributed by atoms with Gasteiger partial charge < -0.3 is 10.2 Å². The van der Waals surface area contributed by atoms with Gasteiger partial charge in [-0.2, -0.15) is 0 Å². The van der Waals surface area contributed by atoms with Crippen molar-refractivity contribution in [3.05, 3.63) is 34.8 Å². The summed E-state index contributed by atoms with van der Waals surface area (Å²) in [6.07, 6.45) is 0.220. The lowest BCUT2D eigenvalue weighted by Crippen LogP contribution is -2.28. The molecule has 1 atom stereocenters. The van der Waals surface area contributed by atoms with E-state index in [0.717, 1.165) is 16.8 Å². The molecule has 1 aromatic heterocycles. The number of carbonyl (C=O) groups excluding carboxylic acids is 2. The first-order chi connectivity index (χ1) is 10.5. The van der Waals surface area contributed by atoms with Crippen LogP contribution in [0.3, 0.4) is 0 Å². The van der Waals surface area contributed by atoms with E-state index < -0.39 is 0 Å². The standard InChI is InChI=1S/C15H16N4O2S/c1-9-3-10(2)5-12(4-9)19-7-11(6-13(19)20)14(21)17-15-18-16-8-22-15/h3-5,8,11H,6-7H2,1-2H3,(H,17,18,21)/t11-/m1/s1. The zero-order valence-corrected chi connectivity index (χ0v) is 13.2. The number of benzene rings is 1. The predicted octanol–water partition coefficient (Wildman–Crippen LogP) is 2.15. The van der Waals surface area contributed by atoms with Gasteiger partial charge >= 0.3 is 0 Å². The molecule has 2 heterocycles. The third kappa shape index (κ3) is 2.99. The van der Waals surface area contributed by atoms with E-state index in [-0.39, 0.29) is 24.2 Å². The number of nitrogens with one attached hydrogen (secondary N) is 1. The number of rotatable bonds is 3. The zero-order valence-electron chi connectivity index (χ0n) is 12.4. The van der Waals surface area contributed by atoms with Crippen molar-refractivity contribution in [2.45, 2.75) is 20.3 Å². The van der Waals surface area contributed by atoms with E-state index >= 15 is 0 Å². The van der Waals surface area contributed by atoms with Crippen molar-refractivity contribution in [1.82, 2.24) is 10.2 Å². The smallest absolute Gasteiger partial charge is 0.231 e. The van der Waals surface area contributed by atoms with Crippen LogP contribution >= 0.6 is 11.3 Å². The van der Waals surface area contributed by atoms with Crippen LogP contribution in [0.2, 0.25) is 0 Å². The topological polar surface area (TPSA) is 75.2 Å². The summed E-state index contributed by atoms with van der Waals surface area (Å²) in [4.78, 5) is 26.1. The van der Waals surface area contributed by atoms with Gasteiger partial charge in [0.1, 0.15) is 5.51 Å². The minimum Gasteiger partial charge on any atom is -0.312 e. The third-order valence-electron chi connectivity index (χ3n) is 3.60. The normalized spacial score (nSPS) is 17.8. The van der Waals surface area contributed by atoms with Gasteiger partial charge in [0.15, 0.2) is 0 Å². The lowest BCUT2D eigenvalue weighted by atomic mass is 10.1. The summed E-state index contributed by atoms with van der Waals surface area (Å²) in [7, 11) is 0. The van der Waals surface area contributed by atoms with Gasteiger partial charge in [0, 0.05) is 18.7 Å². The van der Waals surface area contributed by atoms with Gasteiger partial charge in [0.2, 0.25) is 16.9 Å². The van der Waals surface area contributed by atoms with Gasteiger partial charge in [-0.05, 0) is 37.1 Å². The fourth-order valence-electron chi connectivity index (χ4n) is 2.67.